The van der Waals surface area contributed by atoms with E-state index in [1.807, 2.05) is 29.2 Å². The fraction of sp³-hybridized carbons (Fsp3) is 0.471. The summed E-state index contributed by atoms with van der Waals surface area (Å²) in [6.45, 7) is 2.51. The third kappa shape index (κ3) is 6.13. The number of rotatable bonds is 7. The van der Waals surface area contributed by atoms with Crippen LogP contribution in [0.5, 0.6) is 0 Å². The molecule has 8 heteroatoms. The van der Waals surface area contributed by atoms with Crippen molar-refractivity contribution in [1.29, 1.82) is 0 Å². The zero-order valence-corrected chi connectivity index (χ0v) is 24.1. The largest absolute Gasteiger partial charge is 0.451 e. The molecule has 8 nitrogen and oxygen atoms in total. The first-order valence-corrected chi connectivity index (χ1v) is 15.5. The van der Waals surface area contributed by atoms with Gasteiger partial charge in [-0.05, 0) is 79.2 Å². The van der Waals surface area contributed by atoms with E-state index < -0.39 is 5.91 Å². The number of carbonyl (C=O) groups is 3. The van der Waals surface area contributed by atoms with Crippen LogP contribution < -0.4 is 10.7 Å². The van der Waals surface area contributed by atoms with Crippen molar-refractivity contribution >= 4 is 28.7 Å². The number of hydrogen-bond donors (Lipinski definition) is 1. The maximum atomic E-state index is 13.0. The molecule has 0 bridgehead atoms. The first-order chi connectivity index (χ1) is 20.5. The molecule has 1 aromatic heterocycles. The van der Waals surface area contributed by atoms with Gasteiger partial charge in [-0.3, -0.25) is 19.2 Å². The average Bonchev–Trinajstić information content (AvgIpc) is 3.56. The Bertz CT molecular complexity index is 1530. The maximum absolute atomic E-state index is 13.0. The molecule has 0 unspecified atom stereocenters. The topological polar surface area (TPSA) is 99.9 Å². The third-order valence-electron chi connectivity index (χ3n) is 9.33. The minimum absolute atomic E-state index is 0.0866. The number of likely N-dealkylation sites (tertiary alicyclic amines) is 2. The van der Waals surface area contributed by atoms with Crippen LogP contribution in [0.2, 0.25) is 0 Å². The van der Waals surface area contributed by atoms with Crippen LogP contribution in [-0.2, 0) is 16.1 Å². The molecule has 0 spiro atoms. The second kappa shape index (κ2) is 12.5. The van der Waals surface area contributed by atoms with E-state index in [0.717, 1.165) is 50.6 Å². The van der Waals surface area contributed by atoms with Crippen LogP contribution >= 0.6 is 0 Å². The molecule has 2 saturated heterocycles. The zero-order chi connectivity index (χ0) is 29.1. The predicted octanol–water partition coefficient (Wildman–Crippen LogP) is 5.10. The van der Waals surface area contributed by atoms with Gasteiger partial charge in [0.2, 0.25) is 11.8 Å². The highest BCUT2D eigenvalue weighted by atomic mass is 16.3. The molecular weight excluding hydrogens is 530 g/mol. The normalized spacial score (nSPS) is 18.5. The summed E-state index contributed by atoms with van der Waals surface area (Å²) in [6, 6.07) is 15.2. The number of piperidine rings is 2. The Labute approximate surface area is 246 Å². The van der Waals surface area contributed by atoms with E-state index in [1.165, 1.54) is 30.0 Å². The number of benzene rings is 2. The van der Waals surface area contributed by atoms with E-state index in [-0.39, 0.29) is 29.5 Å². The van der Waals surface area contributed by atoms with Gasteiger partial charge < -0.3 is 19.5 Å². The lowest BCUT2D eigenvalue weighted by atomic mass is 9.86. The standard InChI is InChI=1S/C34H39N3O5/c38-29-20-31(42-30-13-12-25(19-28(29)30)23-7-1-2-8-23)34(41)35-21-33(40)36-17-14-24(15-18-36)27-10-4-3-9-26(27)22-37-16-6-5-11-32(37)39/h3-4,9-10,12-13,19-20,23-24H,1-2,5-8,11,14-18,21-22H2,(H,35,41). The van der Waals surface area contributed by atoms with Gasteiger partial charge in [0, 0.05) is 38.7 Å². The molecule has 220 valence electrons. The molecule has 3 fully saturated rings. The summed E-state index contributed by atoms with van der Waals surface area (Å²) in [6.07, 6.45) is 9.01. The Kier molecular flexibility index (Phi) is 8.40. The number of carbonyl (C=O) groups excluding carboxylic acids is 3. The van der Waals surface area contributed by atoms with Crippen molar-refractivity contribution in [2.45, 2.75) is 76.2 Å². The fourth-order valence-corrected chi connectivity index (χ4v) is 6.90. The third-order valence-corrected chi connectivity index (χ3v) is 9.33. The minimum atomic E-state index is -0.571. The lowest BCUT2D eigenvalue weighted by molar-refractivity contribution is -0.134. The van der Waals surface area contributed by atoms with Gasteiger partial charge in [-0.1, -0.05) is 43.2 Å². The van der Waals surface area contributed by atoms with E-state index in [1.54, 1.807) is 11.0 Å². The van der Waals surface area contributed by atoms with Crippen LogP contribution in [0.4, 0.5) is 0 Å². The van der Waals surface area contributed by atoms with Gasteiger partial charge in [0.1, 0.15) is 5.58 Å². The fourth-order valence-electron chi connectivity index (χ4n) is 6.90. The Morgan fingerprint density at radius 1 is 0.857 bits per heavy atom. The number of hydrogen-bond acceptors (Lipinski definition) is 5. The Morgan fingerprint density at radius 3 is 2.43 bits per heavy atom. The summed E-state index contributed by atoms with van der Waals surface area (Å²) >= 11 is 0. The molecule has 3 aromatic rings. The van der Waals surface area contributed by atoms with Crippen molar-refractivity contribution in [2.75, 3.05) is 26.2 Å². The van der Waals surface area contributed by atoms with Gasteiger partial charge in [-0.15, -0.1) is 0 Å². The first-order valence-electron chi connectivity index (χ1n) is 15.5. The predicted molar refractivity (Wildman–Crippen MR) is 160 cm³/mol. The molecule has 3 aliphatic rings. The molecule has 2 aliphatic heterocycles. The van der Waals surface area contributed by atoms with Crippen LogP contribution in [0.1, 0.15) is 96.9 Å². The first kappa shape index (κ1) is 28.2. The lowest BCUT2D eigenvalue weighted by Gasteiger charge is -2.34. The second-order valence-electron chi connectivity index (χ2n) is 12.0. The van der Waals surface area contributed by atoms with Gasteiger partial charge in [0.25, 0.3) is 5.91 Å². The number of nitrogens with one attached hydrogen (secondary N) is 1. The quantitative estimate of drug-likeness (QED) is 0.427. The molecule has 6 rings (SSSR count). The van der Waals surface area contributed by atoms with E-state index in [4.69, 9.17) is 4.42 Å². The Balaban J connectivity index is 1.03. The molecule has 1 N–H and O–H groups in total. The second-order valence-corrected chi connectivity index (χ2v) is 12.0. The van der Waals surface area contributed by atoms with Crippen LogP contribution in [0, 0.1) is 0 Å². The van der Waals surface area contributed by atoms with Crippen molar-refractivity contribution < 1.29 is 18.8 Å². The van der Waals surface area contributed by atoms with Gasteiger partial charge >= 0.3 is 0 Å². The van der Waals surface area contributed by atoms with Crippen molar-refractivity contribution in [2.24, 2.45) is 0 Å². The van der Waals surface area contributed by atoms with Gasteiger partial charge in [0.15, 0.2) is 11.2 Å². The van der Waals surface area contributed by atoms with Gasteiger partial charge in [-0.25, -0.2) is 0 Å². The maximum Gasteiger partial charge on any atom is 0.287 e. The van der Waals surface area contributed by atoms with E-state index in [2.05, 4.69) is 17.4 Å². The lowest BCUT2D eigenvalue weighted by Crippen LogP contribution is -2.44. The number of nitrogens with zero attached hydrogens (tertiary/aromatic N) is 2. The van der Waals surface area contributed by atoms with Crippen LogP contribution in [0.3, 0.4) is 0 Å². The summed E-state index contributed by atoms with van der Waals surface area (Å²) in [4.78, 5) is 54.7. The van der Waals surface area contributed by atoms with Crippen LogP contribution in [0.25, 0.3) is 11.0 Å². The molecular formula is C34H39N3O5. The van der Waals surface area contributed by atoms with E-state index in [0.29, 0.717) is 48.9 Å². The van der Waals surface area contributed by atoms with Crippen LogP contribution in [-0.4, -0.2) is 53.7 Å². The van der Waals surface area contributed by atoms with Crippen molar-refractivity contribution in [1.82, 2.24) is 15.1 Å². The average molecular weight is 570 g/mol. The van der Waals surface area contributed by atoms with Crippen molar-refractivity contribution in [3.05, 3.63) is 81.2 Å². The highest BCUT2D eigenvalue weighted by molar-refractivity contribution is 5.95. The SMILES string of the molecule is O=C(NCC(=O)N1CCC(c2ccccc2CN2CCCCC2=O)CC1)c1cc(=O)c2cc(C3CCCC3)ccc2o1. The Morgan fingerprint density at radius 2 is 1.64 bits per heavy atom. The van der Waals surface area contributed by atoms with Gasteiger partial charge in [-0.2, -0.15) is 0 Å². The molecule has 3 amide bonds. The highest BCUT2D eigenvalue weighted by Gasteiger charge is 2.27. The molecule has 0 radical (unpaired) electrons. The molecule has 3 heterocycles. The molecule has 0 atom stereocenters. The smallest absolute Gasteiger partial charge is 0.287 e. The van der Waals surface area contributed by atoms with Crippen LogP contribution in [0.15, 0.2) is 57.7 Å². The van der Waals surface area contributed by atoms with Gasteiger partial charge in [0.05, 0.1) is 11.9 Å². The number of fused-ring (bicyclic) bond motifs is 1. The molecule has 42 heavy (non-hydrogen) atoms. The van der Waals surface area contributed by atoms with Crippen molar-refractivity contribution in [3.8, 4) is 0 Å². The summed E-state index contributed by atoms with van der Waals surface area (Å²) < 4.78 is 5.77. The summed E-state index contributed by atoms with van der Waals surface area (Å²) in [5.41, 5.74) is 3.74. The molecule has 1 saturated carbocycles. The highest BCUT2D eigenvalue weighted by Crippen LogP contribution is 2.35. The molecule has 1 aliphatic carbocycles. The molecule has 2 aromatic carbocycles. The number of amides is 3. The summed E-state index contributed by atoms with van der Waals surface area (Å²) in [5, 5.41) is 3.13. The van der Waals surface area contributed by atoms with Crippen molar-refractivity contribution in [3.63, 3.8) is 0 Å². The van der Waals surface area contributed by atoms with E-state index >= 15 is 0 Å². The summed E-state index contributed by atoms with van der Waals surface area (Å²) in [7, 11) is 0. The van der Waals surface area contributed by atoms with E-state index in [9.17, 15) is 19.2 Å². The summed E-state index contributed by atoms with van der Waals surface area (Å²) in [5.74, 6) is 0.219. The minimum Gasteiger partial charge on any atom is -0.451 e. The monoisotopic (exact) mass is 569 g/mol. The Hall–Kier alpha value is -3.94. The zero-order valence-electron chi connectivity index (χ0n) is 24.1.